The van der Waals surface area contributed by atoms with E-state index in [-0.39, 0.29) is 24.2 Å². The Morgan fingerprint density at radius 2 is 2.08 bits per heavy atom. The lowest BCUT2D eigenvalue weighted by Gasteiger charge is -2.17. The fourth-order valence-electron chi connectivity index (χ4n) is 3.03. The maximum atomic E-state index is 12.5. The molecule has 1 aliphatic rings. The average Bonchev–Trinajstić information content (AvgIpc) is 2.99. The van der Waals surface area contributed by atoms with Crippen LogP contribution in [0.2, 0.25) is 5.02 Å². The van der Waals surface area contributed by atoms with Gasteiger partial charge in [-0.3, -0.25) is 9.59 Å². The van der Waals surface area contributed by atoms with Crippen molar-refractivity contribution in [3.63, 3.8) is 0 Å². The van der Waals surface area contributed by atoms with Crippen LogP contribution in [0, 0.1) is 12.8 Å². The summed E-state index contributed by atoms with van der Waals surface area (Å²) >= 11 is 6.17. The van der Waals surface area contributed by atoms with Gasteiger partial charge >= 0.3 is 0 Å². The molecule has 1 aliphatic heterocycles. The first-order valence-corrected chi connectivity index (χ1v) is 8.82. The van der Waals surface area contributed by atoms with Crippen LogP contribution in [-0.4, -0.2) is 18.4 Å². The SMILES string of the molecule is CCc1cccc(N2CC(C(=O)Nc3ccc(C)cc3Cl)CC2=O)c1. The molecule has 0 aliphatic carbocycles. The zero-order valence-corrected chi connectivity index (χ0v) is 15.1. The van der Waals surface area contributed by atoms with E-state index in [0.29, 0.717) is 17.3 Å². The molecule has 0 spiro atoms. The molecule has 1 fully saturated rings. The molecule has 1 unspecified atom stereocenters. The molecule has 1 saturated heterocycles. The van der Waals surface area contributed by atoms with Crippen LogP contribution in [0.15, 0.2) is 42.5 Å². The number of aryl methyl sites for hydroxylation is 2. The molecule has 0 radical (unpaired) electrons. The number of hydrogen-bond acceptors (Lipinski definition) is 2. The topological polar surface area (TPSA) is 49.4 Å². The molecule has 2 aromatic carbocycles. The fourth-order valence-corrected chi connectivity index (χ4v) is 3.32. The van der Waals surface area contributed by atoms with Crippen molar-refractivity contribution < 1.29 is 9.59 Å². The van der Waals surface area contributed by atoms with Crippen LogP contribution in [0.5, 0.6) is 0 Å². The second kappa shape index (κ2) is 7.28. The van der Waals surface area contributed by atoms with Crippen molar-refractivity contribution in [2.24, 2.45) is 5.92 Å². The smallest absolute Gasteiger partial charge is 0.229 e. The fraction of sp³-hybridized carbons (Fsp3) is 0.300. The lowest BCUT2D eigenvalue weighted by molar-refractivity contribution is -0.122. The van der Waals surface area contributed by atoms with Gasteiger partial charge in [-0.15, -0.1) is 0 Å². The number of amides is 2. The second-order valence-corrected chi connectivity index (χ2v) is 6.81. The summed E-state index contributed by atoms with van der Waals surface area (Å²) in [5.41, 5.74) is 3.63. The Balaban J connectivity index is 1.72. The summed E-state index contributed by atoms with van der Waals surface area (Å²) < 4.78 is 0. The third-order valence-corrected chi connectivity index (χ3v) is 4.82. The van der Waals surface area contributed by atoms with E-state index in [9.17, 15) is 9.59 Å². The first-order chi connectivity index (χ1) is 12.0. The Hall–Kier alpha value is -2.33. The molecule has 2 amide bonds. The van der Waals surface area contributed by atoms with E-state index in [1.165, 1.54) is 5.56 Å². The van der Waals surface area contributed by atoms with Crippen LogP contribution in [0.3, 0.4) is 0 Å². The van der Waals surface area contributed by atoms with E-state index in [0.717, 1.165) is 17.7 Å². The molecule has 0 saturated carbocycles. The Labute approximate surface area is 152 Å². The number of nitrogens with one attached hydrogen (secondary N) is 1. The summed E-state index contributed by atoms with van der Waals surface area (Å²) in [6.07, 6.45) is 1.12. The number of halogens is 1. The molecular formula is C20H21ClN2O2. The van der Waals surface area contributed by atoms with Crippen molar-refractivity contribution in [2.45, 2.75) is 26.7 Å². The van der Waals surface area contributed by atoms with Gasteiger partial charge in [-0.2, -0.15) is 0 Å². The van der Waals surface area contributed by atoms with Crippen molar-refractivity contribution in [1.29, 1.82) is 0 Å². The van der Waals surface area contributed by atoms with Gasteiger partial charge in [0.15, 0.2) is 0 Å². The highest BCUT2D eigenvalue weighted by atomic mass is 35.5. The molecule has 130 valence electrons. The highest BCUT2D eigenvalue weighted by Gasteiger charge is 2.35. The number of rotatable bonds is 4. The number of carbonyl (C=O) groups is 2. The molecule has 4 nitrogen and oxygen atoms in total. The maximum absolute atomic E-state index is 12.5. The standard InChI is InChI=1S/C20H21ClN2O2/c1-3-14-5-4-6-16(10-14)23-12-15(11-19(23)24)20(25)22-18-8-7-13(2)9-17(18)21/h4-10,15H,3,11-12H2,1-2H3,(H,22,25). The van der Waals surface area contributed by atoms with E-state index in [1.54, 1.807) is 17.0 Å². The van der Waals surface area contributed by atoms with E-state index in [1.807, 2.05) is 37.3 Å². The maximum Gasteiger partial charge on any atom is 0.229 e. The summed E-state index contributed by atoms with van der Waals surface area (Å²) in [5.74, 6) is -0.577. The Kier molecular flexibility index (Phi) is 5.09. The number of carbonyl (C=O) groups excluding carboxylic acids is 2. The Bertz CT molecular complexity index is 819. The molecular weight excluding hydrogens is 336 g/mol. The first kappa shape index (κ1) is 17.5. The predicted octanol–water partition coefficient (Wildman–Crippen LogP) is 4.20. The van der Waals surface area contributed by atoms with Crippen molar-refractivity contribution in [3.8, 4) is 0 Å². The van der Waals surface area contributed by atoms with E-state index >= 15 is 0 Å². The van der Waals surface area contributed by atoms with Gasteiger partial charge in [0.25, 0.3) is 0 Å². The molecule has 3 rings (SSSR count). The van der Waals surface area contributed by atoms with Crippen LogP contribution < -0.4 is 10.2 Å². The van der Waals surface area contributed by atoms with Crippen molar-refractivity contribution in [2.75, 3.05) is 16.8 Å². The van der Waals surface area contributed by atoms with Gasteiger partial charge < -0.3 is 10.2 Å². The van der Waals surface area contributed by atoms with Crippen molar-refractivity contribution in [3.05, 3.63) is 58.6 Å². The number of benzene rings is 2. The summed E-state index contributed by atoms with van der Waals surface area (Å²) in [6.45, 7) is 4.41. The van der Waals surface area contributed by atoms with Gasteiger partial charge in [0.1, 0.15) is 0 Å². The van der Waals surface area contributed by atoms with Crippen LogP contribution in [0.4, 0.5) is 11.4 Å². The normalized spacial score (nSPS) is 17.0. The third kappa shape index (κ3) is 3.85. The summed E-state index contributed by atoms with van der Waals surface area (Å²) in [7, 11) is 0. The average molecular weight is 357 g/mol. The minimum atomic E-state index is -0.379. The van der Waals surface area contributed by atoms with E-state index < -0.39 is 0 Å². The second-order valence-electron chi connectivity index (χ2n) is 6.40. The molecule has 1 atom stereocenters. The summed E-state index contributed by atoms with van der Waals surface area (Å²) in [5, 5.41) is 3.35. The molecule has 0 bridgehead atoms. The first-order valence-electron chi connectivity index (χ1n) is 8.44. The van der Waals surface area contributed by atoms with Crippen LogP contribution >= 0.6 is 11.6 Å². The lowest BCUT2D eigenvalue weighted by Crippen LogP contribution is -2.28. The molecule has 2 aromatic rings. The van der Waals surface area contributed by atoms with E-state index in [2.05, 4.69) is 12.2 Å². The molecule has 25 heavy (non-hydrogen) atoms. The van der Waals surface area contributed by atoms with Gasteiger partial charge in [-0.25, -0.2) is 0 Å². The largest absolute Gasteiger partial charge is 0.324 e. The van der Waals surface area contributed by atoms with Gasteiger partial charge in [-0.05, 0) is 48.7 Å². The quantitative estimate of drug-likeness (QED) is 0.892. The minimum Gasteiger partial charge on any atom is -0.324 e. The lowest BCUT2D eigenvalue weighted by atomic mass is 10.1. The van der Waals surface area contributed by atoms with E-state index in [4.69, 9.17) is 11.6 Å². The van der Waals surface area contributed by atoms with Crippen molar-refractivity contribution in [1.82, 2.24) is 0 Å². The predicted molar refractivity (Wildman–Crippen MR) is 101 cm³/mol. The molecule has 0 aromatic heterocycles. The van der Waals surface area contributed by atoms with Gasteiger partial charge in [0.2, 0.25) is 11.8 Å². The summed E-state index contributed by atoms with van der Waals surface area (Å²) in [4.78, 5) is 26.6. The monoisotopic (exact) mass is 356 g/mol. The van der Waals surface area contributed by atoms with Gasteiger partial charge in [-0.1, -0.05) is 36.7 Å². The number of hydrogen-bond donors (Lipinski definition) is 1. The molecule has 1 heterocycles. The Morgan fingerprint density at radius 1 is 1.28 bits per heavy atom. The molecule has 1 N–H and O–H groups in total. The minimum absolute atomic E-state index is 0.0246. The van der Waals surface area contributed by atoms with Crippen LogP contribution in [0.25, 0.3) is 0 Å². The number of anilines is 2. The molecule has 5 heteroatoms. The van der Waals surface area contributed by atoms with Gasteiger partial charge in [0, 0.05) is 18.7 Å². The van der Waals surface area contributed by atoms with Gasteiger partial charge in [0.05, 0.1) is 16.6 Å². The highest BCUT2D eigenvalue weighted by Crippen LogP contribution is 2.28. The van der Waals surface area contributed by atoms with Crippen LogP contribution in [0.1, 0.15) is 24.5 Å². The third-order valence-electron chi connectivity index (χ3n) is 4.51. The zero-order chi connectivity index (χ0) is 18.0. The zero-order valence-electron chi connectivity index (χ0n) is 14.4. The summed E-state index contributed by atoms with van der Waals surface area (Å²) in [6, 6.07) is 13.4. The number of nitrogens with zero attached hydrogens (tertiary/aromatic N) is 1. The van der Waals surface area contributed by atoms with Crippen LogP contribution in [-0.2, 0) is 16.0 Å². The Morgan fingerprint density at radius 3 is 2.80 bits per heavy atom. The highest BCUT2D eigenvalue weighted by molar-refractivity contribution is 6.33. The van der Waals surface area contributed by atoms with Crippen molar-refractivity contribution >= 4 is 34.8 Å².